The van der Waals surface area contributed by atoms with E-state index in [0.717, 1.165) is 13.0 Å². The Hall–Kier alpha value is -1.06. The van der Waals surface area contributed by atoms with Crippen molar-refractivity contribution in [3.05, 3.63) is 0 Å². The van der Waals surface area contributed by atoms with Crippen molar-refractivity contribution < 1.29 is 9.59 Å². The SMILES string of the molecule is CCC(=O)N1CC(NC(=O)C(C)(C)C)CC(C(C)C)C1. The summed E-state index contributed by atoms with van der Waals surface area (Å²) in [6.45, 7) is 13.5. The molecule has 1 heterocycles. The first-order valence-corrected chi connectivity index (χ1v) is 7.73. The average molecular weight is 282 g/mol. The zero-order chi connectivity index (χ0) is 15.5. The monoisotopic (exact) mass is 282 g/mol. The quantitative estimate of drug-likeness (QED) is 0.864. The number of likely N-dealkylation sites (tertiary alicyclic amines) is 1. The maximum atomic E-state index is 12.1. The minimum absolute atomic E-state index is 0.0656. The number of piperidine rings is 1. The molecule has 4 heteroatoms. The zero-order valence-corrected chi connectivity index (χ0v) is 13.8. The van der Waals surface area contributed by atoms with Gasteiger partial charge in [-0.15, -0.1) is 0 Å². The van der Waals surface area contributed by atoms with Crippen molar-refractivity contribution in [3.8, 4) is 0 Å². The normalized spacial score (nSPS) is 23.9. The molecule has 2 amide bonds. The number of carbonyl (C=O) groups excluding carboxylic acids is 2. The second kappa shape index (κ2) is 6.59. The van der Waals surface area contributed by atoms with Crippen LogP contribution in [0.1, 0.15) is 54.4 Å². The van der Waals surface area contributed by atoms with Crippen molar-refractivity contribution in [2.24, 2.45) is 17.3 Å². The molecule has 0 radical (unpaired) electrons. The molecule has 0 aromatic heterocycles. The van der Waals surface area contributed by atoms with E-state index in [2.05, 4.69) is 19.2 Å². The van der Waals surface area contributed by atoms with Crippen molar-refractivity contribution >= 4 is 11.8 Å². The third kappa shape index (κ3) is 4.50. The number of hydrogen-bond acceptors (Lipinski definition) is 2. The standard InChI is InChI=1S/C16H30N2O2/c1-7-14(19)18-9-12(11(2)3)8-13(10-18)17-15(20)16(4,5)6/h11-13H,7-10H2,1-6H3,(H,17,20). The van der Waals surface area contributed by atoms with Gasteiger partial charge in [-0.25, -0.2) is 0 Å². The molecule has 1 saturated heterocycles. The Bertz CT molecular complexity index is 358. The molecule has 1 fully saturated rings. The predicted octanol–water partition coefficient (Wildman–Crippen LogP) is 2.43. The van der Waals surface area contributed by atoms with Gasteiger partial charge < -0.3 is 10.2 Å². The van der Waals surface area contributed by atoms with E-state index >= 15 is 0 Å². The van der Waals surface area contributed by atoms with Crippen molar-refractivity contribution in [1.29, 1.82) is 0 Å². The van der Waals surface area contributed by atoms with E-state index in [9.17, 15) is 9.59 Å². The molecule has 0 aliphatic carbocycles. The largest absolute Gasteiger partial charge is 0.351 e. The van der Waals surface area contributed by atoms with Crippen LogP contribution in [0, 0.1) is 17.3 Å². The van der Waals surface area contributed by atoms with Crippen LogP contribution < -0.4 is 5.32 Å². The third-order valence-electron chi connectivity index (χ3n) is 4.10. The van der Waals surface area contributed by atoms with Gasteiger partial charge in [0, 0.05) is 31.0 Å². The summed E-state index contributed by atoms with van der Waals surface area (Å²) in [7, 11) is 0. The molecule has 0 saturated carbocycles. The number of carbonyl (C=O) groups is 2. The van der Waals surface area contributed by atoms with Crippen molar-refractivity contribution in [3.63, 3.8) is 0 Å². The van der Waals surface area contributed by atoms with Gasteiger partial charge >= 0.3 is 0 Å². The molecule has 0 aromatic carbocycles. The number of nitrogens with one attached hydrogen (secondary N) is 1. The Labute approximate surface area is 123 Å². The summed E-state index contributed by atoms with van der Waals surface area (Å²) in [6.07, 6.45) is 1.50. The van der Waals surface area contributed by atoms with Gasteiger partial charge in [0.15, 0.2) is 0 Å². The molecule has 0 spiro atoms. The van der Waals surface area contributed by atoms with Crippen molar-refractivity contribution in [2.45, 2.75) is 60.4 Å². The van der Waals surface area contributed by atoms with Gasteiger partial charge in [0.25, 0.3) is 0 Å². The predicted molar refractivity (Wildman–Crippen MR) is 81.2 cm³/mol. The van der Waals surface area contributed by atoms with Crippen LogP contribution in [0.25, 0.3) is 0 Å². The van der Waals surface area contributed by atoms with E-state index in [1.165, 1.54) is 0 Å². The first-order valence-electron chi connectivity index (χ1n) is 7.73. The van der Waals surface area contributed by atoms with Crippen LogP contribution in [-0.4, -0.2) is 35.8 Å². The Morgan fingerprint density at radius 1 is 1.25 bits per heavy atom. The van der Waals surface area contributed by atoms with E-state index in [4.69, 9.17) is 0 Å². The summed E-state index contributed by atoms with van der Waals surface area (Å²) in [4.78, 5) is 26.0. The van der Waals surface area contributed by atoms with Crippen LogP contribution >= 0.6 is 0 Å². The van der Waals surface area contributed by atoms with Gasteiger partial charge in [-0.1, -0.05) is 41.5 Å². The summed E-state index contributed by atoms with van der Waals surface area (Å²) in [6, 6.07) is 0.0818. The van der Waals surface area contributed by atoms with Gasteiger partial charge in [0.1, 0.15) is 0 Å². The second-order valence-electron chi connectivity index (χ2n) is 7.31. The van der Waals surface area contributed by atoms with E-state index in [1.54, 1.807) is 0 Å². The highest BCUT2D eigenvalue weighted by Gasteiger charge is 2.33. The van der Waals surface area contributed by atoms with Gasteiger partial charge in [-0.2, -0.15) is 0 Å². The lowest BCUT2D eigenvalue weighted by molar-refractivity contribution is -0.136. The van der Waals surface area contributed by atoms with Gasteiger partial charge in [0.2, 0.25) is 11.8 Å². The number of hydrogen-bond donors (Lipinski definition) is 1. The zero-order valence-electron chi connectivity index (χ0n) is 13.8. The van der Waals surface area contributed by atoms with Gasteiger partial charge in [-0.05, 0) is 18.3 Å². The fourth-order valence-corrected chi connectivity index (χ4v) is 2.55. The lowest BCUT2D eigenvalue weighted by Gasteiger charge is -2.40. The summed E-state index contributed by atoms with van der Waals surface area (Å²) in [5.41, 5.74) is -0.385. The van der Waals surface area contributed by atoms with Crippen molar-refractivity contribution in [2.75, 3.05) is 13.1 Å². The molecule has 0 aromatic rings. The maximum Gasteiger partial charge on any atom is 0.225 e. The lowest BCUT2D eigenvalue weighted by atomic mass is 9.84. The third-order valence-corrected chi connectivity index (χ3v) is 4.10. The molecule has 1 rings (SSSR count). The maximum absolute atomic E-state index is 12.1. The molecule has 1 aliphatic heterocycles. The minimum Gasteiger partial charge on any atom is -0.351 e. The number of nitrogens with zero attached hydrogens (tertiary/aromatic N) is 1. The highest BCUT2D eigenvalue weighted by molar-refractivity contribution is 5.82. The summed E-state index contributed by atoms with van der Waals surface area (Å²) >= 11 is 0. The van der Waals surface area contributed by atoms with E-state index < -0.39 is 0 Å². The molecule has 1 aliphatic rings. The Morgan fingerprint density at radius 2 is 1.85 bits per heavy atom. The van der Waals surface area contributed by atoms with E-state index in [1.807, 2.05) is 32.6 Å². The van der Waals surface area contributed by atoms with Gasteiger partial charge in [0.05, 0.1) is 0 Å². The Balaban J connectivity index is 2.75. The van der Waals surface area contributed by atoms with E-state index in [0.29, 0.717) is 24.8 Å². The van der Waals surface area contributed by atoms with Crippen LogP contribution in [0.5, 0.6) is 0 Å². The Morgan fingerprint density at radius 3 is 2.30 bits per heavy atom. The highest BCUT2D eigenvalue weighted by atomic mass is 16.2. The molecular formula is C16H30N2O2. The van der Waals surface area contributed by atoms with Gasteiger partial charge in [-0.3, -0.25) is 9.59 Å². The lowest BCUT2D eigenvalue weighted by Crippen LogP contribution is -2.54. The van der Waals surface area contributed by atoms with Crippen molar-refractivity contribution in [1.82, 2.24) is 10.2 Å². The summed E-state index contributed by atoms with van der Waals surface area (Å²) < 4.78 is 0. The smallest absolute Gasteiger partial charge is 0.225 e. The van der Waals surface area contributed by atoms with Crippen LogP contribution in [0.3, 0.4) is 0 Å². The summed E-state index contributed by atoms with van der Waals surface area (Å²) in [5, 5.41) is 3.12. The first-order chi connectivity index (χ1) is 9.15. The van der Waals surface area contributed by atoms with Crippen LogP contribution in [0.2, 0.25) is 0 Å². The fraction of sp³-hybridized carbons (Fsp3) is 0.875. The molecule has 2 atom stereocenters. The minimum atomic E-state index is -0.385. The van der Waals surface area contributed by atoms with Crippen LogP contribution in [0.4, 0.5) is 0 Å². The van der Waals surface area contributed by atoms with Crippen LogP contribution in [0.15, 0.2) is 0 Å². The molecule has 116 valence electrons. The molecule has 4 nitrogen and oxygen atoms in total. The average Bonchev–Trinajstić information content (AvgIpc) is 2.36. The fourth-order valence-electron chi connectivity index (χ4n) is 2.55. The first kappa shape index (κ1) is 17.0. The summed E-state index contributed by atoms with van der Waals surface area (Å²) in [5.74, 6) is 1.24. The molecule has 2 unspecified atom stereocenters. The molecule has 0 bridgehead atoms. The second-order valence-corrected chi connectivity index (χ2v) is 7.31. The number of amides is 2. The molecule has 1 N–H and O–H groups in total. The molecule has 20 heavy (non-hydrogen) atoms. The number of rotatable bonds is 3. The van der Waals surface area contributed by atoms with E-state index in [-0.39, 0.29) is 23.3 Å². The highest BCUT2D eigenvalue weighted by Crippen LogP contribution is 2.25. The molecular weight excluding hydrogens is 252 g/mol. The Kier molecular flexibility index (Phi) is 5.60. The topological polar surface area (TPSA) is 49.4 Å². The van der Waals surface area contributed by atoms with Crippen LogP contribution in [-0.2, 0) is 9.59 Å².